The summed E-state index contributed by atoms with van der Waals surface area (Å²) in [5.74, 6) is 0.432. The van der Waals surface area contributed by atoms with Crippen molar-refractivity contribution in [2.75, 3.05) is 20.2 Å². The van der Waals surface area contributed by atoms with Crippen LogP contribution >= 0.6 is 11.6 Å². The van der Waals surface area contributed by atoms with Crippen LogP contribution in [0.15, 0.2) is 48.5 Å². The molecule has 0 fully saturated rings. The van der Waals surface area contributed by atoms with Gasteiger partial charge in [0.25, 0.3) is 5.91 Å². The van der Waals surface area contributed by atoms with E-state index in [-0.39, 0.29) is 11.8 Å². The second kappa shape index (κ2) is 9.08. The summed E-state index contributed by atoms with van der Waals surface area (Å²) in [6.07, 6.45) is 0. The third-order valence-corrected chi connectivity index (χ3v) is 4.15. The Morgan fingerprint density at radius 2 is 1.80 bits per heavy atom. The van der Waals surface area contributed by atoms with E-state index in [4.69, 9.17) is 16.3 Å². The number of nitrogens with zero attached hydrogens (tertiary/aromatic N) is 1. The molecule has 0 aliphatic heterocycles. The van der Waals surface area contributed by atoms with Crippen LogP contribution < -0.4 is 10.1 Å². The number of carbonyl (C=O) groups is 2. The first-order valence-electron chi connectivity index (χ1n) is 7.92. The lowest BCUT2D eigenvalue weighted by Gasteiger charge is -2.22. The van der Waals surface area contributed by atoms with Crippen molar-refractivity contribution >= 4 is 23.4 Å². The average Bonchev–Trinajstić information content (AvgIpc) is 2.62. The van der Waals surface area contributed by atoms with E-state index in [1.54, 1.807) is 42.3 Å². The summed E-state index contributed by atoms with van der Waals surface area (Å²) in [6, 6.07) is 14.3. The van der Waals surface area contributed by atoms with Crippen molar-refractivity contribution in [3.8, 4) is 5.75 Å². The van der Waals surface area contributed by atoms with Gasteiger partial charge in [0, 0.05) is 37.1 Å². The van der Waals surface area contributed by atoms with Gasteiger partial charge in [0.2, 0.25) is 5.91 Å². The topological polar surface area (TPSA) is 58.6 Å². The molecule has 0 aliphatic rings. The number of nitrogens with one attached hydrogen (secondary N) is 1. The van der Waals surface area contributed by atoms with Gasteiger partial charge >= 0.3 is 0 Å². The van der Waals surface area contributed by atoms with Crippen molar-refractivity contribution in [2.24, 2.45) is 0 Å². The molecule has 0 aromatic heterocycles. The predicted octanol–water partition coefficient (Wildman–Crippen LogP) is 3.13. The van der Waals surface area contributed by atoms with Crippen LogP contribution in [0.2, 0.25) is 5.02 Å². The predicted molar refractivity (Wildman–Crippen MR) is 97.9 cm³/mol. The molecule has 6 heteroatoms. The molecule has 0 spiro atoms. The highest BCUT2D eigenvalue weighted by Gasteiger charge is 2.12. The highest BCUT2D eigenvalue weighted by atomic mass is 35.5. The van der Waals surface area contributed by atoms with E-state index >= 15 is 0 Å². The first-order valence-corrected chi connectivity index (χ1v) is 8.30. The number of hydrogen-bond donors (Lipinski definition) is 1. The summed E-state index contributed by atoms with van der Waals surface area (Å²) in [5, 5.41) is 3.44. The molecule has 0 saturated heterocycles. The number of carbonyl (C=O) groups excluding carboxylic acids is 2. The minimum atomic E-state index is -0.191. The number of amides is 2. The Morgan fingerprint density at radius 3 is 2.40 bits per heavy atom. The second-order valence-corrected chi connectivity index (χ2v) is 5.92. The largest absolute Gasteiger partial charge is 0.497 e. The van der Waals surface area contributed by atoms with Crippen LogP contribution in [-0.2, 0) is 11.3 Å². The van der Waals surface area contributed by atoms with Crippen LogP contribution in [0.4, 0.5) is 0 Å². The zero-order valence-electron chi connectivity index (χ0n) is 14.3. The van der Waals surface area contributed by atoms with Crippen molar-refractivity contribution in [3.05, 3.63) is 64.7 Å². The van der Waals surface area contributed by atoms with E-state index in [0.29, 0.717) is 36.0 Å². The minimum Gasteiger partial charge on any atom is -0.497 e. The molecule has 1 N–H and O–H groups in total. The van der Waals surface area contributed by atoms with E-state index in [1.807, 2.05) is 18.2 Å². The molecule has 0 bridgehead atoms. The van der Waals surface area contributed by atoms with Crippen LogP contribution in [-0.4, -0.2) is 36.9 Å². The maximum atomic E-state index is 12.1. The number of ether oxygens (including phenoxy) is 1. The van der Waals surface area contributed by atoms with E-state index in [9.17, 15) is 9.59 Å². The molecule has 132 valence electrons. The Bertz CT molecular complexity index is 732. The normalized spacial score (nSPS) is 10.2. The summed E-state index contributed by atoms with van der Waals surface area (Å²) in [6.45, 7) is 2.67. The van der Waals surface area contributed by atoms with Crippen LogP contribution in [0.1, 0.15) is 22.8 Å². The Balaban J connectivity index is 1.89. The molecule has 0 unspecified atom stereocenters. The molecule has 25 heavy (non-hydrogen) atoms. The first kappa shape index (κ1) is 18.8. The number of methoxy groups -OCH3 is 1. The standard InChI is InChI=1S/C19H21ClN2O3/c1-14(23)22(13-16-5-3-4-6-18(16)20)12-11-21-19(24)15-7-9-17(25-2)10-8-15/h3-10H,11-13H2,1-2H3,(H,21,24). The van der Waals surface area contributed by atoms with Gasteiger partial charge in [0.15, 0.2) is 0 Å². The third-order valence-electron chi connectivity index (χ3n) is 3.78. The zero-order valence-corrected chi connectivity index (χ0v) is 15.0. The van der Waals surface area contributed by atoms with Crippen LogP contribution in [0.5, 0.6) is 5.75 Å². The van der Waals surface area contributed by atoms with E-state index in [2.05, 4.69) is 5.32 Å². The zero-order chi connectivity index (χ0) is 18.2. The summed E-state index contributed by atoms with van der Waals surface area (Å²) < 4.78 is 5.07. The van der Waals surface area contributed by atoms with E-state index < -0.39 is 0 Å². The number of hydrogen-bond acceptors (Lipinski definition) is 3. The molecule has 2 amide bonds. The van der Waals surface area contributed by atoms with Crippen LogP contribution in [0.3, 0.4) is 0 Å². The Morgan fingerprint density at radius 1 is 1.12 bits per heavy atom. The average molecular weight is 361 g/mol. The van der Waals surface area contributed by atoms with Crippen LogP contribution in [0.25, 0.3) is 0 Å². The van der Waals surface area contributed by atoms with Crippen molar-refractivity contribution in [1.29, 1.82) is 0 Å². The first-order chi connectivity index (χ1) is 12.0. The molecule has 0 atom stereocenters. The monoisotopic (exact) mass is 360 g/mol. The summed E-state index contributed by atoms with van der Waals surface area (Å²) in [5.41, 5.74) is 1.42. The van der Waals surface area contributed by atoms with Gasteiger partial charge in [-0.15, -0.1) is 0 Å². The number of benzene rings is 2. The highest BCUT2D eigenvalue weighted by Crippen LogP contribution is 2.17. The maximum absolute atomic E-state index is 12.1. The summed E-state index contributed by atoms with van der Waals surface area (Å²) in [7, 11) is 1.57. The van der Waals surface area contributed by atoms with Gasteiger partial charge in [0.1, 0.15) is 5.75 Å². The fraction of sp³-hybridized carbons (Fsp3) is 0.263. The number of halogens is 1. The Kier molecular flexibility index (Phi) is 6.83. The van der Waals surface area contributed by atoms with Crippen molar-refractivity contribution < 1.29 is 14.3 Å². The summed E-state index contributed by atoms with van der Waals surface area (Å²) in [4.78, 5) is 25.6. The van der Waals surface area contributed by atoms with Gasteiger partial charge in [-0.3, -0.25) is 9.59 Å². The molecular weight excluding hydrogens is 340 g/mol. The molecule has 0 aliphatic carbocycles. The third kappa shape index (κ3) is 5.50. The van der Waals surface area contributed by atoms with E-state index in [0.717, 1.165) is 5.56 Å². The highest BCUT2D eigenvalue weighted by molar-refractivity contribution is 6.31. The lowest BCUT2D eigenvalue weighted by molar-refractivity contribution is -0.129. The van der Waals surface area contributed by atoms with E-state index in [1.165, 1.54) is 6.92 Å². The van der Waals surface area contributed by atoms with Gasteiger partial charge in [0.05, 0.1) is 7.11 Å². The van der Waals surface area contributed by atoms with Crippen LogP contribution in [0, 0.1) is 0 Å². The molecular formula is C19H21ClN2O3. The number of rotatable bonds is 7. The van der Waals surface area contributed by atoms with Crippen molar-refractivity contribution in [1.82, 2.24) is 10.2 Å². The SMILES string of the molecule is COc1ccc(C(=O)NCCN(Cc2ccccc2Cl)C(C)=O)cc1. The van der Waals surface area contributed by atoms with Gasteiger partial charge in [-0.25, -0.2) is 0 Å². The fourth-order valence-corrected chi connectivity index (χ4v) is 2.52. The summed E-state index contributed by atoms with van der Waals surface area (Å²) >= 11 is 6.14. The van der Waals surface area contributed by atoms with Gasteiger partial charge < -0.3 is 15.0 Å². The Labute approximate surface area is 152 Å². The molecule has 0 saturated carbocycles. The lowest BCUT2D eigenvalue weighted by atomic mass is 10.2. The molecule has 0 heterocycles. The van der Waals surface area contributed by atoms with Gasteiger partial charge in [-0.2, -0.15) is 0 Å². The lowest BCUT2D eigenvalue weighted by Crippen LogP contribution is -2.37. The molecule has 0 radical (unpaired) electrons. The van der Waals surface area contributed by atoms with Gasteiger partial charge in [-0.1, -0.05) is 29.8 Å². The minimum absolute atomic E-state index is 0.0707. The van der Waals surface area contributed by atoms with Crippen molar-refractivity contribution in [2.45, 2.75) is 13.5 Å². The molecule has 2 aromatic carbocycles. The smallest absolute Gasteiger partial charge is 0.251 e. The quantitative estimate of drug-likeness (QED) is 0.825. The van der Waals surface area contributed by atoms with Gasteiger partial charge in [-0.05, 0) is 35.9 Å². The molecule has 5 nitrogen and oxygen atoms in total. The maximum Gasteiger partial charge on any atom is 0.251 e. The Hall–Kier alpha value is -2.53. The van der Waals surface area contributed by atoms with Crippen molar-refractivity contribution in [3.63, 3.8) is 0 Å². The molecule has 2 aromatic rings. The fourth-order valence-electron chi connectivity index (χ4n) is 2.33. The molecule has 2 rings (SSSR count). The second-order valence-electron chi connectivity index (χ2n) is 5.52.